The molecule has 4 N–H and O–H groups in total. The quantitative estimate of drug-likeness (QED) is 0.742. The number of hydrogen-bond donors (Lipinski definition) is 3. The number of aliphatic carboxylic acids is 1. The van der Waals surface area contributed by atoms with Crippen molar-refractivity contribution in [1.29, 1.82) is 0 Å². The molecule has 7 heteroatoms. The number of para-hydroxylation sites is 2. The number of nitrogens with zero attached hydrogens (tertiary/aromatic N) is 1. The summed E-state index contributed by atoms with van der Waals surface area (Å²) in [5, 5.41) is 11.9. The van der Waals surface area contributed by atoms with Gasteiger partial charge in [0.1, 0.15) is 6.04 Å². The first-order valence-electron chi connectivity index (χ1n) is 6.82. The van der Waals surface area contributed by atoms with Crippen LogP contribution in [0.4, 0.5) is 16.2 Å². The molecule has 1 saturated heterocycles. The fourth-order valence-electron chi connectivity index (χ4n) is 2.29. The summed E-state index contributed by atoms with van der Waals surface area (Å²) in [6.07, 6.45) is 1.66. The second-order valence-corrected chi connectivity index (χ2v) is 6.07. The highest BCUT2D eigenvalue weighted by molar-refractivity contribution is 8.00. The first-order valence-corrected chi connectivity index (χ1v) is 7.87. The third-order valence-corrected chi connectivity index (χ3v) is 4.71. The van der Waals surface area contributed by atoms with Crippen molar-refractivity contribution in [2.45, 2.75) is 31.2 Å². The number of carbonyl (C=O) groups excluding carboxylic acids is 1. The molecule has 21 heavy (non-hydrogen) atoms. The van der Waals surface area contributed by atoms with E-state index in [0.29, 0.717) is 17.1 Å². The third-order valence-electron chi connectivity index (χ3n) is 3.35. The first kappa shape index (κ1) is 15.5. The molecule has 6 nitrogen and oxygen atoms in total. The molecule has 0 saturated carbocycles. The van der Waals surface area contributed by atoms with E-state index in [1.54, 1.807) is 24.3 Å². The molecule has 0 aliphatic carbocycles. The number of carbonyl (C=O) groups is 2. The summed E-state index contributed by atoms with van der Waals surface area (Å²) < 4.78 is 0. The third kappa shape index (κ3) is 3.41. The molecule has 0 aromatic heterocycles. The number of amides is 2. The lowest BCUT2D eigenvalue weighted by molar-refractivity contribution is -0.141. The van der Waals surface area contributed by atoms with E-state index in [4.69, 9.17) is 5.73 Å². The first-order chi connectivity index (χ1) is 10.0. The van der Waals surface area contributed by atoms with E-state index in [1.807, 2.05) is 6.92 Å². The maximum atomic E-state index is 12.4. The van der Waals surface area contributed by atoms with Crippen LogP contribution in [0.15, 0.2) is 24.3 Å². The van der Waals surface area contributed by atoms with Crippen LogP contribution < -0.4 is 11.1 Å². The van der Waals surface area contributed by atoms with Gasteiger partial charge < -0.3 is 16.2 Å². The van der Waals surface area contributed by atoms with Crippen LogP contribution in [0.25, 0.3) is 0 Å². The molecule has 114 valence electrons. The average Bonchev–Trinajstić information content (AvgIpc) is 2.86. The highest BCUT2D eigenvalue weighted by Gasteiger charge is 2.41. The molecule has 2 unspecified atom stereocenters. The van der Waals surface area contributed by atoms with E-state index in [-0.39, 0.29) is 5.37 Å². The van der Waals surface area contributed by atoms with Crippen LogP contribution in [-0.2, 0) is 4.79 Å². The predicted octanol–water partition coefficient (Wildman–Crippen LogP) is 2.43. The summed E-state index contributed by atoms with van der Waals surface area (Å²) in [5.74, 6) is -0.560. The summed E-state index contributed by atoms with van der Waals surface area (Å²) in [7, 11) is 0. The monoisotopic (exact) mass is 309 g/mol. The molecule has 2 amide bonds. The summed E-state index contributed by atoms with van der Waals surface area (Å²) in [5.41, 5.74) is 6.75. The van der Waals surface area contributed by atoms with Crippen molar-refractivity contribution in [3.8, 4) is 0 Å². The number of anilines is 2. The zero-order chi connectivity index (χ0) is 15.4. The SMILES string of the molecule is CCCC1SCC(C(=O)O)N1C(=O)Nc1ccccc1N. The summed E-state index contributed by atoms with van der Waals surface area (Å²) in [6.45, 7) is 2.01. The van der Waals surface area contributed by atoms with Crippen molar-refractivity contribution in [3.05, 3.63) is 24.3 Å². The number of nitrogens with one attached hydrogen (secondary N) is 1. The Morgan fingerprint density at radius 2 is 2.19 bits per heavy atom. The van der Waals surface area contributed by atoms with E-state index in [0.717, 1.165) is 12.8 Å². The number of thioether (sulfide) groups is 1. The lowest BCUT2D eigenvalue weighted by atomic mass is 10.2. The van der Waals surface area contributed by atoms with Crippen LogP contribution in [0.1, 0.15) is 19.8 Å². The van der Waals surface area contributed by atoms with Crippen molar-refractivity contribution in [3.63, 3.8) is 0 Å². The van der Waals surface area contributed by atoms with Gasteiger partial charge in [-0.3, -0.25) is 4.90 Å². The summed E-state index contributed by atoms with van der Waals surface area (Å²) in [6, 6.07) is 5.72. The molecule has 1 aromatic carbocycles. The largest absolute Gasteiger partial charge is 0.480 e. The standard InChI is InChI=1S/C14H19N3O3S/c1-2-5-12-17(11(8-21-12)13(18)19)14(20)16-10-7-4-3-6-9(10)15/h3-4,6-7,11-12H,2,5,8,15H2,1H3,(H,16,20)(H,18,19). The van der Waals surface area contributed by atoms with Crippen molar-refractivity contribution in [2.75, 3.05) is 16.8 Å². The van der Waals surface area contributed by atoms with Crippen molar-refractivity contribution in [1.82, 2.24) is 4.90 Å². The normalized spacial score (nSPS) is 21.3. The van der Waals surface area contributed by atoms with E-state index in [9.17, 15) is 14.7 Å². The molecular formula is C14H19N3O3S. The Balaban J connectivity index is 2.17. The Bertz CT molecular complexity index is 538. The van der Waals surface area contributed by atoms with Gasteiger partial charge in [0.25, 0.3) is 0 Å². The van der Waals surface area contributed by atoms with Gasteiger partial charge >= 0.3 is 12.0 Å². The molecular weight excluding hydrogens is 290 g/mol. The highest BCUT2D eigenvalue weighted by Crippen LogP contribution is 2.33. The van der Waals surface area contributed by atoms with Gasteiger partial charge in [-0.05, 0) is 18.6 Å². The van der Waals surface area contributed by atoms with Crippen LogP contribution >= 0.6 is 11.8 Å². The minimum absolute atomic E-state index is 0.110. The smallest absolute Gasteiger partial charge is 0.327 e. The fourth-order valence-corrected chi connectivity index (χ4v) is 3.80. The average molecular weight is 309 g/mol. The van der Waals surface area contributed by atoms with Crippen molar-refractivity contribution < 1.29 is 14.7 Å². The molecule has 2 atom stereocenters. The minimum atomic E-state index is -0.975. The Morgan fingerprint density at radius 3 is 2.81 bits per heavy atom. The van der Waals surface area contributed by atoms with Gasteiger partial charge in [0.05, 0.1) is 16.7 Å². The zero-order valence-electron chi connectivity index (χ0n) is 11.8. The van der Waals surface area contributed by atoms with Gasteiger partial charge in [-0.25, -0.2) is 9.59 Å². The highest BCUT2D eigenvalue weighted by atomic mass is 32.2. The van der Waals surface area contributed by atoms with Gasteiger partial charge in [-0.2, -0.15) is 0 Å². The molecule has 0 bridgehead atoms. The Kier molecular flexibility index (Phi) is 4.95. The summed E-state index contributed by atoms with van der Waals surface area (Å²) >= 11 is 1.51. The Labute approximate surface area is 127 Å². The molecule has 2 rings (SSSR count). The van der Waals surface area contributed by atoms with E-state index >= 15 is 0 Å². The number of nitrogens with two attached hydrogens (primary N) is 1. The number of hydrogen-bond acceptors (Lipinski definition) is 4. The fraction of sp³-hybridized carbons (Fsp3) is 0.429. The Hall–Kier alpha value is -1.89. The molecule has 1 aliphatic rings. The van der Waals surface area contributed by atoms with Crippen LogP contribution in [-0.4, -0.2) is 39.2 Å². The Morgan fingerprint density at radius 1 is 1.48 bits per heavy atom. The van der Waals surface area contributed by atoms with E-state index in [1.165, 1.54) is 16.7 Å². The number of urea groups is 1. The van der Waals surface area contributed by atoms with Crippen LogP contribution in [0.2, 0.25) is 0 Å². The number of carboxylic acid groups (broad SMARTS) is 1. The van der Waals surface area contributed by atoms with Gasteiger partial charge in [0.15, 0.2) is 0 Å². The molecule has 1 aliphatic heterocycles. The predicted molar refractivity (Wildman–Crippen MR) is 84.3 cm³/mol. The summed E-state index contributed by atoms with van der Waals surface area (Å²) in [4.78, 5) is 25.2. The second-order valence-electron chi connectivity index (χ2n) is 4.86. The number of rotatable bonds is 4. The maximum absolute atomic E-state index is 12.4. The lowest BCUT2D eigenvalue weighted by Gasteiger charge is -2.27. The minimum Gasteiger partial charge on any atom is -0.480 e. The van der Waals surface area contributed by atoms with Crippen LogP contribution in [0.3, 0.4) is 0 Å². The maximum Gasteiger partial charge on any atom is 0.327 e. The zero-order valence-corrected chi connectivity index (χ0v) is 12.6. The van der Waals surface area contributed by atoms with Gasteiger partial charge in [-0.15, -0.1) is 11.8 Å². The topological polar surface area (TPSA) is 95.7 Å². The number of benzene rings is 1. The molecule has 1 aromatic rings. The van der Waals surface area contributed by atoms with Gasteiger partial charge in [0, 0.05) is 5.75 Å². The van der Waals surface area contributed by atoms with Crippen molar-refractivity contribution >= 4 is 35.1 Å². The molecule has 1 fully saturated rings. The van der Waals surface area contributed by atoms with Gasteiger partial charge in [0.2, 0.25) is 0 Å². The molecule has 0 spiro atoms. The molecule has 0 radical (unpaired) electrons. The second kappa shape index (κ2) is 6.71. The van der Waals surface area contributed by atoms with Crippen LogP contribution in [0, 0.1) is 0 Å². The van der Waals surface area contributed by atoms with E-state index in [2.05, 4.69) is 5.32 Å². The number of carboxylic acids is 1. The lowest BCUT2D eigenvalue weighted by Crippen LogP contribution is -2.47. The van der Waals surface area contributed by atoms with Crippen LogP contribution in [0.5, 0.6) is 0 Å². The van der Waals surface area contributed by atoms with Gasteiger partial charge in [-0.1, -0.05) is 25.5 Å². The number of nitrogen functional groups attached to an aromatic ring is 1. The van der Waals surface area contributed by atoms with Crippen molar-refractivity contribution in [2.24, 2.45) is 0 Å². The van der Waals surface area contributed by atoms with E-state index < -0.39 is 18.0 Å². The molecule has 1 heterocycles.